The van der Waals surface area contributed by atoms with Crippen LogP contribution < -0.4 is 0 Å². The first-order valence-electron chi connectivity index (χ1n) is 15.0. The summed E-state index contributed by atoms with van der Waals surface area (Å²) in [4.78, 5) is 15.2. The molecule has 4 nitrogen and oxygen atoms in total. The van der Waals surface area contributed by atoms with Gasteiger partial charge in [0.05, 0.1) is 0 Å². The smallest absolute Gasteiger partial charge is 0.164 e. The van der Waals surface area contributed by atoms with Crippen molar-refractivity contribution in [1.29, 1.82) is 0 Å². The molecule has 0 spiro atoms. The predicted molar refractivity (Wildman–Crippen MR) is 178 cm³/mol. The van der Waals surface area contributed by atoms with E-state index in [-0.39, 0.29) is 5.41 Å². The summed E-state index contributed by atoms with van der Waals surface area (Å²) >= 11 is 0. The maximum atomic E-state index is 6.80. The first-order valence-corrected chi connectivity index (χ1v) is 15.0. The lowest BCUT2D eigenvalue weighted by atomic mass is 9.79. The number of benzene rings is 6. The Morgan fingerprint density at radius 1 is 0.500 bits per heavy atom. The van der Waals surface area contributed by atoms with Crippen LogP contribution in [0.15, 0.2) is 132 Å². The van der Waals surface area contributed by atoms with Gasteiger partial charge in [-0.15, -0.1) is 0 Å². The van der Waals surface area contributed by atoms with Crippen molar-refractivity contribution in [2.45, 2.75) is 19.3 Å². The van der Waals surface area contributed by atoms with Crippen LogP contribution in [0.3, 0.4) is 0 Å². The van der Waals surface area contributed by atoms with Crippen LogP contribution >= 0.6 is 0 Å². The second-order valence-electron chi connectivity index (χ2n) is 12.0. The van der Waals surface area contributed by atoms with Gasteiger partial charge in [-0.1, -0.05) is 135 Å². The topological polar surface area (TPSA) is 51.8 Å². The predicted octanol–water partition coefficient (Wildman–Crippen LogP) is 10.2. The van der Waals surface area contributed by atoms with Gasteiger partial charge in [-0.05, 0) is 33.7 Å². The van der Waals surface area contributed by atoms with Crippen molar-refractivity contribution in [3.63, 3.8) is 0 Å². The highest BCUT2D eigenvalue weighted by atomic mass is 16.3. The monoisotopic (exact) mass is 565 g/mol. The van der Waals surface area contributed by atoms with E-state index < -0.39 is 0 Å². The van der Waals surface area contributed by atoms with Crippen LogP contribution in [0.25, 0.3) is 78.0 Å². The number of aromatic nitrogens is 3. The summed E-state index contributed by atoms with van der Waals surface area (Å²) in [6.07, 6.45) is 0. The van der Waals surface area contributed by atoms with E-state index in [0.717, 1.165) is 49.4 Å². The first kappa shape index (κ1) is 24.9. The second-order valence-corrected chi connectivity index (χ2v) is 12.0. The molecule has 4 heteroatoms. The number of fused-ring (bicyclic) bond motifs is 10. The molecule has 2 heterocycles. The highest BCUT2D eigenvalue weighted by molar-refractivity contribution is 6.26. The second kappa shape index (κ2) is 9.19. The van der Waals surface area contributed by atoms with E-state index >= 15 is 0 Å². The quantitative estimate of drug-likeness (QED) is 0.214. The van der Waals surface area contributed by atoms with Crippen LogP contribution in [0, 0.1) is 0 Å². The minimum absolute atomic E-state index is 0.199. The van der Waals surface area contributed by atoms with Crippen molar-refractivity contribution in [3.8, 4) is 45.3 Å². The van der Waals surface area contributed by atoms with E-state index in [1.54, 1.807) is 0 Å². The van der Waals surface area contributed by atoms with Gasteiger partial charge < -0.3 is 4.42 Å². The van der Waals surface area contributed by atoms with Crippen molar-refractivity contribution < 1.29 is 4.42 Å². The summed E-state index contributed by atoms with van der Waals surface area (Å²) in [5, 5.41) is 4.46. The molecule has 0 fully saturated rings. The summed E-state index contributed by atoms with van der Waals surface area (Å²) in [5.41, 5.74) is 9.55. The summed E-state index contributed by atoms with van der Waals surface area (Å²) in [5.74, 6) is 1.90. The third kappa shape index (κ3) is 3.48. The number of hydrogen-bond donors (Lipinski definition) is 0. The van der Waals surface area contributed by atoms with Crippen LogP contribution in [-0.2, 0) is 5.41 Å². The lowest BCUT2D eigenvalue weighted by Gasteiger charge is -2.23. The van der Waals surface area contributed by atoms with E-state index in [0.29, 0.717) is 17.5 Å². The Balaban J connectivity index is 1.45. The average Bonchev–Trinajstić information content (AvgIpc) is 3.58. The van der Waals surface area contributed by atoms with E-state index in [4.69, 9.17) is 19.4 Å². The molecule has 1 aliphatic carbocycles. The molecule has 9 rings (SSSR count). The van der Waals surface area contributed by atoms with Crippen LogP contribution in [0.5, 0.6) is 0 Å². The summed E-state index contributed by atoms with van der Waals surface area (Å²) < 4.78 is 6.80. The molecule has 6 aromatic carbocycles. The van der Waals surface area contributed by atoms with Crippen molar-refractivity contribution in [2.24, 2.45) is 0 Å². The molecule has 8 aromatic rings. The molecule has 0 atom stereocenters. The molecule has 0 radical (unpaired) electrons. The Labute approximate surface area is 254 Å². The third-order valence-electron chi connectivity index (χ3n) is 9.09. The van der Waals surface area contributed by atoms with Gasteiger partial charge in [0.15, 0.2) is 17.5 Å². The molecule has 0 amide bonds. The molecule has 208 valence electrons. The fourth-order valence-corrected chi connectivity index (χ4v) is 7.14. The maximum absolute atomic E-state index is 6.80. The van der Waals surface area contributed by atoms with Gasteiger partial charge in [-0.3, -0.25) is 0 Å². The molecule has 1 aliphatic rings. The Hall–Kier alpha value is -5.61. The Morgan fingerprint density at radius 3 is 1.80 bits per heavy atom. The molecule has 2 aromatic heterocycles. The van der Waals surface area contributed by atoms with Crippen LogP contribution in [0.4, 0.5) is 0 Å². The Morgan fingerprint density at radius 2 is 1.07 bits per heavy atom. The molecule has 0 bridgehead atoms. The van der Waals surface area contributed by atoms with E-state index in [2.05, 4.69) is 74.5 Å². The number of nitrogens with zero attached hydrogens (tertiary/aromatic N) is 3. The average molecular weight is 566 g/mol. The van der Waals surface area contributed by atoms with Crippen molar-refractivity contribution in [1.82, 2.24) is 15.0 Å². The largest absolute Gasteiger partial charge is 0.455 e. The first-order chi connectivity index (χ1) is 21.6. The van der Waals surface area contributed by atoms with Gasteiger partial charge in [-0.2, -0.15) is 0 Å². The van der Waals surface area contributed by atoms with Crippen LogP contribution in [0.1, 0.15) is 25.0 Å². The van der Waals surface area contributed by atoms with E-state index in [9.17, 15) is 0 Å². The van der Waals surface area contributed by atoms with Gasteiger partial charge in [0.2, 0.25) is 0 Å². The van der Waals surface area contributed by atoms with Gasteiger partial charge in [0, 0.05) is 38.3 Å². The van der Waals surface area contributed by atoms with Gasteiger partial charge in [-0.25, -0.2) is 15.0 Å². The lowest BCUT2D eigenvalue weighted by Crippen LogP contribution is -2.15. The summed E-state index contributed by atoms with van der Waals surface area (Å²) in [7, 11) is 0. The van der Waals surface area contributed by atoms with Gasteiger partial charge in [0.1, 0.15) is 11.2 Å². The number of para-hydroxylation sites is 1. The molecule has 44 heavy (non-hydrogen) atoms. The fourth-order valence-electron chi connectivity index (χ4n) is 7.14. The van der Waals surface area contributed by atoms with Crippen molar-refractivity contribution in [2.75, 3.05) is 0 Å². The molecule has 0 aliphatic heterocycles. The maximum Gasteiger partial charge on any atom is 0.164 e. The number of furan rings is 1. The highest BCUT2D eigenvalue weighted by Crippen LogP contribution is 2.57. The standard InChI is InChI=1S/C40H27N3O/c1-40(2)30-22-11-9-18-26(30)32-28-20-13-21-29(33(28)36-34(35(32)40)27-19-10-12-23-31(27)44-36)39-42-37(24-14-5-3-6-15-24)41-38(43-39)25-16-7-4-8-17-25/h3-23H,1-2H3. The molecular weight excluding hydrogens is 538 g/mol. The SMILES string of the molecule is CC1(C)c2ccccc2-c2c1c1c3ccccc3oc1c1c(-c3nc(-c4ccccc4)nc(-c4ccccc4)n3)cccc21. The summed E-state index contributed by atoms with van der Waals surface area (Å²) in [6.45, 7) is 4.66. The zero-order valence-electron chi connectivity index (χ0n) is 24.4. The minimum Gasteiger partial charge on any atom is -0.455 e. The molecule has 0 saturated carbocycles. The molecule has 0 unspecified atom stereocenters. The normalized spacial score (nSPS) is 13.4. The summed E-state index contributed by atoms with van der Waals surface area (Å²) in [6, 6.07) is 43.9. The van der Waals surface area contributed by atoms with Crippen LogP contribution in [-0.4, -0.2) is 15.0 Å². The zero-order chi connectivity index (χ0) is 29.4. The number of hydrogen-bond acceptors (Lipinski definition) is 4. The Bertz CT molecular complexity index is 2350. The Kier molecular flexibility index (Phi) is 5.21. The van der Waals surface area contributed by atoms with Gasteiger partial charge in [0.25, 0.3) is 0 Å². The van der Waals surface area contributed by atoms with Crippen molar-refractivity contribution in [3.05, 3.63) is 139 Å². The third-order valence-corrected chi connectivity index (χ3v) is 9.09. The van der Waals surface area contributed by atoms with Crippen molar-refractivity contribution >= 4 is 32.7 Å². The lowest BCUT2D eigenvalue weighted by molar-refractivity contribution is 0.659. The zero-order valence-corrected chi connectivity index (χ0v) is 24.4. The fraction of sp³-hybridized carbons (Fsp3) is 0.0750. The van der Waals surface area contributed by atoms with E-state index in [1.807, 2.05) is 66.7 Å². The van der Waals surface area contributed by atoms with Crippen LogP contribution in [0.2, 0.25) is 0 Å². The number of rotatable bonds is 3. The highest BCUT2D eigenvalue weighted by Gasteiger charge is 2.40. The van der Waals surface area contributed by atoms with Gasteiger partial charge >= 0.3 is 0 Å². The van der Waals surface area contributed by atoms with E-state index in [1.165, 1.54) is 22.3 Å². The minimum atomic E-state index is -0.199. The molecular formula is C40H27N3O. The molecule has 0 saturated heterocycles. The molecule has 0 N–H and O–H groups in total.